The second-order valence-electron chi connectivity index (χ2n) is 3.01. The Morgan fingerprint density at radius 1 is 1.47 bits per heavy atom. The fourth-order valence-corrected chi connectivity index (χ4v) is 1.37. The van der Waals surface area contributed by atoms with Crippen molar-refractivity contribution in [3.63, 3.8) is 0 Å². The summed E-state index contributed by atoms with van der Waals surface area (Å²) >= 11 is 0. The Morgan fingerprint density at radius 2 is 2.20 bits per heavy atom. The van der Waals surface area contributed by atoms with E-state index in [0.29, 0.717) is 13.2 Å². The van der Waals surface area contributed by atoms with Crippen LogP contribution in [0.3, 0.4) is 0 Å². The molecule has 0 saturated heterocycles. The van der Waals surface area contributed by atoms with Crippen LogP contribution in [0.5, 0.6) is 5.75 Å². The van der Waals surface area contributed by atoms with Crippen molar-refractivity contribution in [3.05, 3.63) is 24.3 Å². The molecule has 0 saturated carbocycles. The normalized spacial score (nSPS) is 9.73. The number of carbonyl (C=O) groups excluding carboxylic acids is 1. The van der Waals surface area contributed by atoms with Gasteiger partial charge in [0.25, 0.3) is 0 Å². The van der Waals surface area contributed by atoms with Gasteiger partial charge in [0.05, 0.1) is 6.61 Å². The molecule has 2 amide bonds. The van der Waals surface area contributed by atoms with Crippen molar-refractivity contribution in [2.45, 2.75) is 13.8 Å². The molecule has 2 N–H and O–H groups in total. The third-order valence-electron chi connectivity index (χ3n) is 2.02. The lowest BCUT2D eigenvalue weighted by molar-refractivity contribution is 0.254. The van der Waals surface area contributed by atoms with E-state index in [2.05, 4.69) is 0 Å². The minimum absolute atomic E-state index is 0.453. The predicted molar refractivity (Wildman–Crippen MR) is 60.2 cm³/mol. The molecule has 0 aliphatic carbocycles. The molecule has 0 heterocycles. The number of hydrogen-bond acceptors (Lipinski definition) is 2. The molecule has 0 aliphatic rings. The smallest absolute Gasteiger partial charge is 0.319 e. The third kappa shape index (κ3) is 2.87. The van der Waals surface area contributed by atoms with E-state index in [4.69, 9.17) is 10.5 Å². The number of primary amides is 1. The van der Waals surface area contributed by atoms with E-state index in [1.165, 1.54) is 4.90 Å². The van der Waals surface area contributed by atoms with Crippen LogP contribution >= 0.6 is 0 Å². The maximum atomic E-state index is 11.1. The zero-order valence-corrected chi connectivity index (χ0v) is 9.06. The lowest BCUT2D eigenvalue weighted by Crippen LogP contribution is -2.35. The minimum Gasteiger partial charge on any atom is -0.494 e. The standard InChI is InChI=1S/C11H16N2O2/c1-3-13(11(12)14)9-6-5-7-10(8-9)15-4-2/h5-8H,3-4H2,1-2H3,(H2,12,14). The zero-order valence-electron chi connectivity index (χ0n) is 9.06. The Hall–Kier alpha value is -1.71. The van der Waals surface area contributed by atoms with Crippen molar-refractivity contribution >= 4 is 11.7 Å². The van der Waals surface area contributed by atoms with Gasteiger partial charge in [-0.15, -0.1) is 0 Å². The van der Waals surface area contributed by atoms with E-state index >= 15 is 0 Å². The van der Waals surface area contributed by atoms with Crippen LogP contribution in [0.15, 0.2) is 24.3 Å². The van der Waals surface area contributed by atoms with Gasteiger partial charge in [0.2, 0.25) is 0 Å². The Balaban J connectivity index is 2.92. The molecule has 0 atom stereocenters. The van der Waals surface area contributed by atoms with Gasteiger partial charge in [-0.05, 0) is 26.0 Å². The summed E-state index contributed by atoms with van der Waals surface area (Å²) in [6.07, 6.45) is 0. The number of nitrogens with two attached hydrogens (primary N) is 1. The van der Waals surface area contributed by atoms with Gasteiger partial charge in [-0.2, -0.15) is 0 Å². The summed E-state index contributed by atoms with van der Waals surface area (Å²) in [5.41, 5.74) is 6.01. The maximum Gasteiger partial charge on any atom is 0.319 e. The second kappa shape index (κ2) is 5.24. The Morgan fingerprint density at radius 3 is 2.73 bits per heavy atom. The van der Waals surface area contributed by atoms with Crippen molar-refractivity contribution in [2.24, 2.45) is 5.73 Å². The number of hydrogen-bond donors (Lipinski definition) is 1. The molecule has 1 rings (SSSR count). The van der Waals surface area contributed by atoms with Crippen molar-refractivity contribution in [2.75, 3.05) is 18.1 Å². The summed E-state index contributed by atoms with van der Waals surface area (Å²) in [6.45, 7) is 4.94. The molecular formula is C11H16N2O2. The summed E-state index contributed by atoms with van der Waals surface area (Å²) < 4.78 is 5.34. The summed E-state index contributed by atoms with van der Waals surface area (Å²) in [4.78, 5) is 12.6. The molecule has 15 heavy (non-hydrogen) atoms. The molecule has 0 unspecified atom stereocenters. The third-order valence-corrected chi connectivity index (χ3v) is 2.02. The van der Waals surface area contributed by atoms with Crippen LogP contribution in [-0.4, -0.2) is 19.2 Å². The molecule has 82 valence electrons. The van der Waals surface area contributed by atoms with Gasteiger partial charge in [0.15, 0.2) is 0 Å². The average molecular weight is 208 g/mol. The number of anilines is 1. The van der Waals surface area contributed by atoms with Crippen LogP contribution in [0.25, 0.3) is 0 Å². The quantitative estimate of drug-likeness (QED) is 0.822. The highest BCUT2D eigenvalue weighted by molar-refractivity contribution is 5.90. The highest BCUT2D eigenvalue weighted by Gasteiger charge is 2.09. The monoisotopic (exact) mass is 208 g/mol. The lowest BCUT2D eigenvalue weighted by atomic mass is 10.3. The lowest BCUT2D eigenvalue weighted by Gasteiger charge is -2.18. The number of benzene rings is 1. The molecule has 4 heteroatoms. The fraction of sp³-hybridized carbons (Fsp3) is 0.364. The first-order valence-corrected chi connectivity index (χ1v) is 4.98. The fourth-order valence-electron chi connectivity index (χ4n) is 1.37. The largest absolute Gasteiger partial charge is 0.494 e. The van der Waals surface area contributed by atoms with E-state index in [1.807, 2.05) is 32.0 Å². The molecule has 0 spiro atoms. The molecular weight excluding hydrogens is 192 g/mol. The highest BCUT2D eigenvalue weighted by atomic mass is 16.5. The average Bonchev–Trinajstić information content (AvgIpc) is 2.19. The number of nitrogens with zero attached hydrogens (tertiary/aromatic N) is 1. The Bertz CT molecular complexity index is 339. The van der Waals surface area contributed by atoms with E-state index < -0.39 is 6.03 Å². The Labute approximate surface area is 89.6 Å². The number of amides is 2. The van der Waals surface area contributed by atoms with Crippen LogP contribution in [0, 0.1) is 0 Å². The van der Waals surface area contributed by atoms with Crippen LogP contribution in [0.2, 0.25) is 0 Å². The Kier molecular flexibility index (Phi) is 3.97. The van der Waals surface area contributed by atoms with E-state index in [-0.39, 0.29) is 0 Å². The molecule has 0 bridgehead atoms. The summed E-state index contributed by atoms with van der Waals surface area (Å²) in [6, 6.07) is 6.87. The van der Waals surface area contributed by atoms with Gasteiger partial charge in [-0.3, -0.25) is 4.90 Å². The van der Waals surface area contributed by atoms with Crippen LogP contribution in [0.1, 0.15) is 13.8 Å². The van der Waals surface area contributed by atoms with E-state index in [1.54, 1.807) is 6.07 Å². The number of carbonyl (C=O) groups is 1. The summed E-state index contributed by atoms with van der Waals surface area (Å²) in [7, 11) is 0. The van der Waals surface area contributed by atoms with Crippen molar-refractivity contribution < 1.29 is 9.53 Å². The molecule has 0 fully saturated rings. The number of ether oxygens (including phenoxy) is 1. The number of urea groups is 1. The molecule has 0 aromatic heterocycles. The maximum absolute atomic E-state index is 11.1. The highest BCUT2D eigenvalue weighted by Crippen LogP contribution is 2.20. The molecule has 1 aromatic rings. The number of rotatable bonds is 4. The van der Waals surface area contributed by atoms with E-state index in [9.17, 15) is 4.79 Å². The first kappa shape index (κ1) is 11.4. The van der Waals surface area contributed by atoms with Crippen molar-refractivity contribution in [1.29, 1.82) is 0 Å². The first-order chi connectivity index (χ1) is 7.19. The van der Waals surface area contributed by atoms with Crippen molar-refractivity contribution in [3.8, 4) is 5.75 Å². The van der Waals surface area contributed by atoms with Gasteiger partial charge in [-0.1, -0.05) is 6.07 Å². The summed E-state index contributed by atoms with van der Waals surface area (Å²) in [5, 5.41) is 0. The van der Waals surface area contributed by atoms with Gasteiger partial charge in [-0.25, -0.2) is 4.79 Å². The van der Waals surface area contributed by atoms with Gasteiger partial charge in [0.1, 0.15) is 5.75 Å². The zero-order chi connectivity index (χ0) is 11.3. The SMILES string of the molecule is CCOc1cccc(N(CC)C(N)=O)c1. The van der Waals surface area contributed by atoms with Gasteiger partial charge >= 0.3 is 6.03 Å². The van der Waals surface area contributed by atoms with Gasteiger partial charge < -0.3 is 10.5 Å². The molecule has 0 radical (unpaired) electrons. The molecule has 4 nitrogen and oxygen atoms in total. The second-order valence-corrected chi connectivity index (χ2v) is 3.01. The van der Waals surface area contributed by atoms with Crippen LogP contribution in [-0.2, 0) is 0 Å². The van der Waals surface area contributed by atoms with Crippen LogP contribution in [0.4, 0.5) is 10.5 Å². The van der Waals surface area contributed by atoms with E-state index in [0.717, 1.165) is 11.4 Å². The molecule has 0 aliphatic heterocycles. The van der Waals surface area contributed by atoms with Gasteiger partial charge in [0, 0.05) is 18.3 Å². The topological polar surface area (TPSA) is 55.6 Å². The molecule has 1 aromatic carbocycles. The van der Waals surface area contributed by atoms with Crippen LogP contribution < -0.4 is 15.4 Å². The first-order valence-electron chi connectivity index (χ1n) is 4.98. The minimum atomic E-state index is -0.453. The summed E-state index contributed by atoms with van der Waals surface area (Å²) in [5.74, 6) is 0.745. The predicted octanol–water partition coefficient (Wildman–Crippen LogP) is 1.99. The van der Waals surface area contributed by atoms with Crippen molar-refractivity contribution in [1.82, 2.24) is 0 Å².